The molecule has 0 spiro atoms. The van der Waals surface area contributed by atoms with Gasteiger partial charge < -0.3 is 14.8 Å². The fraction of sp³-hybridized carbons (Fsp3) is 0.231. The largest absolute Gasteiger partial charge is 0.486 e. The van der Waals surface area contributed by atoms with Crippen LogP contribution in [0, 0.1) is 0 Å². The maximum Gasteiger partial charge on any atom is 0.270 e. The quantitative estimate of drug-likeness (QED) is 0.927. The molecule has 0 fully saturated rings. The van der Waals surface area contributed by atoms with Crippen molar-refractivity contribution in [3.05, 3.63) is 40.8 Å². The van der Waals surface area contributed by atoms with Gasteiger partial charge in [-0.1, -0.05) is 12.1 Å². The van der Waals surface area contributed by atoms with Crippen molar-refractivity contribution in [2.75, 3.05) is 13.2 Å². The number of hydrogen-bond donors (Lipinski definition) is 1. The van der Waals surface area contributed by atoms with Gasteiger partial charge in [0.25, 0.3) is 5.91 Å². The Morgan fingerprint density at radius 1 is 1.42 bits per heavy atom. The SMILES string of the molecule is O=C(NCC1COc2ccccc2O1)c1cscn1. The van der Waals surface area contributed by atoms with Gasteiger partial charge in [0, 0.05) is 5.38 Å². The van der Waals surface area contributed by atoms with E-state index in [0.29, 0.717) is 24.6 Å². The van der Waals surface area contributed by atoms with Crippen molar-refractivity contribution < 1.29 is 14.3 Å². The number of amides is 1. The standard InChI is InChI=1S/C13H12N2O3S/c16-13(10-7-19-8-15-10)14-5-9-6-17-11-3-1-2-4-12(11)18-9/h1-4,7-9H,5-6H2,(H,14,16). The molecular formula is C13H12N2O3S. The van der Waals surface area contributed by atoms with E-state index < -0.39 is 0 Å². The first-order valence-corrected chi connectivity index (χ1v) is 6.82. The summed E-state index contributed by atoms with van der Waals surface area (Å²) in [6.45, 7) is 0.819. The van der Waals surface area contributed by atoms with E-state index in [1.54, 1.807) is 10.9 Å². The minimum absolute atomic E-state index is 0.183. The molecule has 2 heterocycles. The van der Waals surface area contributed by atoms with Crippen LogP contribution in [0.15, 0.2) is 35.2 Å². The van der Waals surface area contributed by atoms with Crippen molar-refractivity contribution in [2.24, 2.45) is 0 Å². The summed E-state index contributed by atoms with van der Waals surface area (Å²) in [7, 11) is 0. The molecule has 1 aliphatic rings. The third kappa shape index (κ3) is 2.68. The normalized spacial score (nSPS) is 16.9. The van der Waals surface area contributed by atoms with Crippen molar-refractivity contribution >= 4 is 17.2 Å². The molecule has 1 atom stereocenters. The van der Waals surface area contributed by atoms with E-state index in [0.717, 1.165) is 5.75 Å². The molecule has 0 saturated carbocycles. The summed E-state index contributed by atoms with van der Waals surface area (Å²) >= 11 is 1.39. The number of para-hydroxylation sites is 2. The van der Waals surface area contributed by atoms with E-state index in [1.807, 2.05) is 24.3 Å². The molecular weight excluding hydrogens is 264 g/mol. The van der Waals surface area contributed by atoms with E-state index in [9.17, 15) is 4.79 Å². The maximum atomic E-state index is 11.7. The lowest BCUT2D eigenvalue weighted by Crippen LogP contribution is -2.40. The molecule has 0 bridgehead atoms. The molecule has 0 saturated heterocycles. The molecule has 3 rings (SSSR count). The number of nitrogens with zero attached hydrogens (tertiary/aromatic N) is 1. The van der Waals surface area contributed by atoms with Crippen LogP contribution in [0.3, 0.4) is 0 Å². The molecule has 6 heteroatoms. The molecule has 19 heavy (non-hydrogen) atoms. The van der Waals surface area contributed by atoms with Gasteiger partial charge in [-0.15, -0.1) is 11.3 Å². The molecule has 1 unspecified atom stereocenters. The van der Waals surface area contributed by atoms with Gasteiger partial charge in [-0.25, -0.2) is 4.98 Å². The minimum Gasteiger partial charge on any atom is -0.486 e. The highest BCUT2D eigenvalue weighted by Gasteiger charge is 2.21. The van der Waals surface area contributed by atoms with Gasteiger partial charge in [-0.2, -0.15) is 0 Å². The van der Waals surface area contributed by atoms with Crippen LogP contribution in [-0.4, -0.2) is 30.1 Å². The molecule has 0 aliphatic carbocycles. The van der Waals surface area contributed by atoms with Crippen molar-refractivity contribution in [3.63, 3.8) is 0 Å². The Balaban J connectivity index is 1.57. The number of thiazole rings is 1. The molecule has 2 aromatic rings. The zero-order valence-electron chi connectivity index (χ0n) is 10.0. The predicted octanol–water partition coefficient (Wildman–Crippen LogP) is 1.71. The number of hydrogen-bond acceptors (Lipinski definition) is 5. The number of benzene rings is 1. The molecule has 0 radical (unpaired) electrons. The zero-order valence-corrected chi connectivity index (χ0v) is 10.9. The average Bonchev–Trinajstić information content (AvgIpc) is 2.99. The fourth-order valence-electron chi connectivity index (χ4n) is 1.79. The Labute approximate surface area is 114 Å². The molecule has 1 amide bonds. The summed E-state index contributed by atoms with van der Waals surface area (Å²) in [5, 5.41) is 4.50. The summed E-state index contributed by atoms with van der Waals surface area (Å²) in [4.78, 5) is 15.7. The van der Waals surface area contributed by atoms with Crippen LogP contribution >= 0.6 is 11.3 Å². The van der Waals surface area contributed by atoms with Crippen LogP contribution < -0.4 is 14.8 Å². The van der Waals surface area contributed by atoms with Crippen LogP contribution in [-0.2, 0) is 0 Å². The van der Waals surface area contributed by atoms with Gasteiger partial charge in [-0.05, 0) is 12.1 Å². The zero-order chi connectivity index (χ0) is 13.1. The topological polar surface area (TPSA) is 60.5 Å². The Kier molecular flexibility index (Phi) is 3.33. The second-order valence-corrected chi connectivity index (χ2v) is 4.80. The monoisotopic (exact) mass is 276 g/mol. The van der Waals surface area contributed by atoms with E-state index in [1.165, 1.54) is 11.3 Å². The third-order valence-electron chi connectivity index (χ3n) is 2.72. The number of nitrogens with one attached hydrogen (secondary N) is 1. The van der Waals surface area contributed by atoms with E-state index in [2.05, 4.69) is 10.3 Å². The van der Waals surface area contributed by atoms with Gasteiger partial charge in [0.1, 0.15) is 18.4 Å². The van der Waals surface area contributed by atoms with Crippen molar-refractivity contribution in [3.8, 4) is 11.5 Å². The summed E-state index contributed by atoms with van der Waals surface area (Å²) in [6.07, 6.45) is -0.183. The van der Waals surface area contributed by atoms with Crippen molar-refractivity contribution in [1.82, 2.24) is 10.3 Å². The molecule has 1 aliphatic heterocycles. The number of aromatic nitrogens is 1. The first-order chi connectivity index (χ1) is 9.33. The predicted molar refractivity (Wildman–Crippen MR) is 70.8 cm³/mol. The van der Waals surface area contributed by atoms with Crippen LogP contribution in [0.1, 0.15) is 10.5 Å². The van der Waals surface area contributed by atoms with Crippen LogP contribution in [0.5, 0.6) is 11.5 Å². The fourth-order valence-corrected chi connectivity index (χ4v) is 2.32. The van der Waals surface area contributed by atoms with Gasteiger partial charge in [-0.3, -0.25) is 4.79 Å². The Hall–Kier alpha value is -2.08. The molecule has 1 aromatic carbocycles. The van der Waals surface area contributed by atoms with Gasteiger partial charge >= 0.3 is 0 Å². The van der Waals surface area contributed by atoms with Crippen molar-refractivity contribution in [1.29, 1.82) is 0 Å². The lowest BCUT2D eigenvalue weighted by Gasteiger charge is -2.26. The maximum absolute atomic E-state index is 11.7. The van der Waals surface area contributed by atoms with E-state index in [4.69, 9.17) is 9.47 Å². The first-order valence-electron chi connectivity index (χ1n) is 5.88. The van der Waals surface area contributed by atoms with Gasteiger partial charge in [0.2, 0.25) is 0 Å². The smallest absolute Gasteiger partial charge is 0.270 e. The summed E-state index contributed by atoms with van der Waals surface area (Å²) < 4.78 is 11.3. The van der Waals surface area contributed by atoms with Gasteiger partial charge in [0.15, 0.2) is 11.5 Å². The number of fused-ring (bicyclic) bond motifs is 1. The summed E-state index contributed by atoms with van der Waals surface area (Å²) in [6, 6.07) is 7.49. The van der Waals surface area contributed by atoms with Gasteiger partial charge in [0.05, 0.1) is 12.1 Å². The Bertz CT molecular complexity index is 571. The van der Waals surface area contributed by atoms with Crippen LogP contribution in [0.2, 0.25) is 0 Å². The first kappa shape index (κ1) is 12.0. The van der Waals surface area contributed by atoms with E-state index >= 15 is 0 Å². The number of carbonyl (C=O) groups excluding carboxylic acids is 1. The van der Waals surface area contributed by atoms with Crippen LogP contribution in [0.25, 0.3) is 0 Å². The minimum atomic E-state index is -0.191. The summed E-state index contributed by atoms with van der Waals surface area (Å²) in [5.41, 5.74) is 2.06. The number of carbonyl (C=O) groups is 1. The molecule has 1 N–H and O–H groups in total. The summed E-state index contributed by atoms with van der Waals surface area (Å²) in [5.74, 6) is 1.26. The molecule has 5 nitrogen and oxygen atoms in total. The second kappa shape index (κ2) is 5.27. The number of rotatable bonds is 3. The van der Waals surface area contributed by atoms with Crippen molar-refractivity contribution in [2.45, 2.75) is 6.10 Å². The van der Waals surface area contributed by atoms with E-state index in [-0.39, 0.29) is 12.0 Å². The highest BCUT2D eigenvalue weighted by Crippen LogP contribution is 2.30. The second-order valence-electron chi connectivity index (χ2n) is 4.08. The lowest BCUT2D eigenvalue weighted by atomic mass is 10.2. The highest BCUT2D eigenvalue weighted by molar-refractivity contribution is 7.07. The van der Waals surface area contributed by atoms with Crippen LogP contribution in [0.4, 0.5) is 0 Å². The number of ether oxygens (including phenoxy) is 2. The average molecular weight is 276 g/mol. The molecule has 1 aromatic heterocycles. The molecule has 98 valence electrons. The third-order valence-corrected chi connectivity index (χ3v) is 3.31. The highest BCUT2D eigenvalue weighted by atomic mass is 32.1. The Morgan fingerprint density at radius 2 is 2.26 bits per heavy atom. The Morgan fingerprint density at radius 3 is 3.05 bits per heavy atom. The lowest BCUT2D eigenvalue weighted by molar-refractivity contribution is 0.0787.